The van der Waals surface area contributed by atoms with Crippen LogP contribution in [0.5, 0.6) is 5.88 Å². The number of likely N-dealkylation sites (N-methyl/N-ethyl adjacent to an activating group) is 1. The lowest BCUT2D eigenvalue weighted by Gasteiger charge is -2.31. The quantitative estimate of drug-likeness (QED) is 0.459. The number of amides is 1. The maximum atomic E-state index is 12.7. The van der Waals surface area contributed by atoms with Crippen LogP contribution in [-0.2, 0) is 4.79 Å². The molecule has 1 saturated heterocycles. The molecule has 0 bridgehead atoms. The topological polar surface area (TPSA) is 99.3 Å². The van der Waals surface area contributed by atoms with E-state index in [1.165, 1.54) is 0 Å². The fraction of sp³-hybridized carbons (Fsp3) is 0.280. The van der Waals surface area contributed by atoms with Crippen molar-refractivity contribution in [2.75, 3.05) is 52.2 Å². The molecular formula is C25H27N7O2. The van der Waals surface area contributed by atoms with E-state index in [1.807, 2.05) is 36.4 Å². The maximum Gasteiger partial charge on any atom is 0.239 e. The van der Waals surface area contributed by atoms with Gasteiger partial charge in [0.15, 0.2) is 0 Å². The third-order valence-corrected chi connectivity index (χ3v) is 6.07. The lowest BCUT2D eigenvalue weighted by atomic mass is 10.0. The number of fused-ring (bicyclic) bond motifs is 1. The van der Waals surface area contributed by atoms with Crippen molar-refractivity contribution < 1.29 is 9.53 Å². The monoisotopic (exact) mass is 457 g/mol. The van der Waals surface area contributed by atoms with Crippen molar-refractivity contribution >= 4 is 22.8 Å². The summed E-state index contributed by atoms with van der Waals surface area (Å²) >= 11 is 0. The smallest absolute Gasteiger partial charge is 0.239 e. The highest BCUT2D eigenvalue weighted by atomic mass is 16.5. The minimum absolute atomic E-state index is 0.0629. The fourth-order valence-corrected chi connectivity index (χ4v) is 4.21. The summed E-state index contributed by atoms with van der Waals surface area (Å²) in [6.07, 6.45) is 5.26. The number of nitrogens with zero attached hydrogens (tertiary/aromatic N) is 5. The third kappa shape index (κ3) is 4.61. The van der Waals surface area contributed by atoms with Gasteiger partial charge in [-0.05, 0) is 37.4 Å². The van der Waals surface area contributed by atoms with Gasteiger partial charge in [-0.25, -0.2) is 9.97 Å². The zero-order chi connectivity index (χ0) is 23.5. The van der Waals surface area contributed by atoms with Crippen LogP contribution in [-0.4, -0.2) is 82.5 Å². The lowest BCUT2D eigenvalue weighted by Crippen LogP contribution is -2.47. The Morgan fingerprint density at radius 1 is 1.06 bits per heavy atom. The summed E-state index contributed by atoms with van der Waals surface area (Å²) in [5.41, 5.74) is 5.40. The molecular weight excluding hydrogens is 430 g/mol. The summed E-state index contributed by atoms with van der Waals surface area (Å²) in [6.45, 7) is 4.08. The summed E-state index contributed by atoms with van der Waals surface area (Å²) in [5.74, 6) is 1.00. The molecule has 5 rings (SSSR count). The molecule has 0 unspecified atom stereocenters. The van der Waals surface area contributed by atoms with E-state index in [4.69, 9.17) is 4.74 Å². The molecule has 0 aromatic carbocycles. The van der Waals surface area contributed by atoms with Crippen molar-refractivity contribution in [2.45, 2.75) is 0 Å². The van der Waals surface area contributed by atoms with E-state index < -0.39 is 0 Å². The zero-order valence-corrected chi connectivity index (χ0v) is 19.3. The number of nitrogens with one attached hydrogen (secondary N) is 2. The van der Waals surface area contributed by atoms with Crippen LogP contribution in [0.1, 0.15) is 0 Å². The van der Waals surface area contributed by atoms with Gasteiger partial charge in [0.05, 0.1) is 30.4 Å². The molecule has 0 aliphatic carbocycles. The number of aromatic amines is 1. The summed E-state index contributed by atoms with van der Waals surface area (Å²) in [7, 11) is 3.69. The number of hydrogen-bond acceptors (Lipinski definition) is 7. The van der Waals surface area contributed by atoms with Crippen LogP contribution in [0, 0.1) is 0 Å². The SMILES string of the molecule is COc1ccc(-c2c(-c3ccnc(NC(=O)CN4CCN(C)CC4)c3)[nH]c3cccnc23)cn1. The molecule has 2 N–H and O–H groups in total. The Morgan fingerprint density at radius 3 is 2.68 bits per heavy atom. The van der Waals surface area contributed by atoms with Gasteiger partial charge < -0.3 is 19.9 Å². The predicted octanol–water partition coefficient (Wildman–Crippen LogP) is 2.88. The summed E-state index contributed by atoms with van der Waals surface area (Å²) in [4.78, 5) is 33.9. The van der Waals surface area contributed by atoms with Crippen molar-refractivity contribution in [3.63, 3.8) is 0 Å². The number of hydrogen-bond donors (Lipinski definition) is 2. The molecule has 0 radical (unpaired) electrons. The molecule has 9 heteroatoms. The molecule has 9 nitrogen and oxygen atoms in total. The molecule has 174 valence electrons. The van der Waals surface area contributed by atoms with Crippen molar-refractivity contribution in [2.24, 2.45) is 0 Å². The number of ether oxygens (including phenoxy) is 1. The number of carbonyl (C=O) groups is 1. The van der Waals surface area contributed by atoms with E-state index in [-0.39, 0.29) is 5.91 Å². The molecule has 0 spiro atoms. The molecule has 1 aliphatic rings. The first-order valence-corrected chi connectivity index (χ1v) is 11.2. The third-order valence-electron chi connectivity index (χ3n) is 6.07. The summed E-state index contributed by atoms with van der Waals surface area (Å²) in [6, 6.07) is 11.5. The van der Waals surface area contributed by atoms with Crippen LogP contribution in [0.2, 0.25) is 0 Å². The van der Waals surface area contributed by atoms with Gasteiger partial charge >= 0.3 is 0 Å². The number of anilines is 1. The van der Waals surface area contributed by atoms with Gasteiger partial charge in [0.2, 0.25) is 11.8 Å². The Hall–Kier alpha value is -3.82. The number of H-pyrrole nitrogens is 1. The second-order valence-electron chi connectivity index (χ2n) is 8.42. The molecule has 1 aliphatic heterocycles. The largest absolute Gasteiger partial charge is 0.481 e. The first-order valence-electron chi connectivity index (χ1n) is 11.2. The Labute approximate surface area is 197 Å². The van der Waals surface area contributed by atoms with Gasteiger partial charge in [0, 0.05) is 67.5 Å². The van der Waals surface area contributed by atoms with E-state index in [9.17, 15) is 4.79 Å². The van der Waals surface area contributed by atoms with Crippen molar-refractivity contribution in [3.8, 4) is 28.3 Å². The van der Waals surface area contributed by atoms with E-state index in [2.05, 4.69) is 42.1 Å². The second kappa shape index (κ2) is 9.58. The minimum Gasteiger partial charge on any atom is -0.481 e. The number of rotatable bonds is 6. The number of aromatic nitrogens is 4. The summed E-state index contributed by atoms with van der Waals surface area (Å²) in [5, 5.41) is 2.95. The molecule has 5 heterocycles. The van der Waals surface area contributed by atoms with E-state index in [0.29, 0.717) is 18.2 Å². The molecule has 0 atom stereocenters. The molecule has 4 aromatic heterocycles. The number of carbonyl (C=O) groups excluding carboxylic acids is 1. The van der Waals surface area contributed by atoms with Crippen LogP contribution in [0.4, 0.5) is 5.82 Å². The average molecular weight is 458 g/mol. The molecule has 1 fully saturated rings. The molecule has 1 amide bonds. The van der Waals surface area contributed by atoms with Crippen molar-refractivity contribution in [1.29, 1.82) is 0 Å². The maximum absolute atomic E-state index is 12.7. The normalized spacial score (nSPS) is 14.9. The van der Waals surface area contributed by atoms with Crippen LogP contribution in [0.15, 0.2) is 55.0 Å². The van der Waals surface area contributed by atoms with Gasteiger partial charge in [-0.15, -0.1) is 0 Å². The Bertz CT molecular complexity index is 1290. The summed E-state index contributed by atoms with van der Waals surface area (Å²) < 4.78 is 5.21. The van der Waals surface area contributed by atoms with E-state index in [1.54, 1.807) is 25.7 Å². The van der Waals surface area contributed by atoms with Crippen molar-refractivity contribution in [1.82, 2.24) is 29.7 Å². The average Bonchev–Trinajstić information content (AvgIpc) is 3.25. The highest BCUT2D eigenvalue weighted by Gasteiger charge is 2.19. The minimum atomic E-state index is -0.0629. The number of methoxy groups -OCH3 is 1. The Kier molecular flexibility index (Phi) is 6.20. The highest BCUT2D eigenvalue weighted by Crippen LogP contribution is 2.37. The van der Waals surface area contributed by atoms with Crippen molar-refractivity contribution in [3.05, 3.63) is 55.0 Å². The second-order valence-corrected chi connectivity index (χ2v) is 8.42. The van der Waals surface area contributed by atoms with Gasteiger partial charge in [0.1, 0.15) is 5.82 Å². The Morgan fingerprint density at radius 2 is 1.91 bits per heavy atom. The van der Waals surface area contributed by atoms with Gasteiger partial charge in [-0.2, -0.15) is 0 Å². The van der Waals surface area contributed by atoms with Crippen LogP contribution in [0.3, 0.4) is 0 Å². The lowest BCUT2D eigenvalue weighted by molar-refractivity contribution is -0.117. The Balaban J connectivity index is 1.44. The van der Waals surface area contributed by atoms with Gasteiger partial charge in [0.25, 0.3) is 0 Å². The standard InChI is InChI=1S/C25H27N7O2/c1-31-10-12-32(13-11-31)16-21(33)30-20-14-17(7-9-26-20)24-23(18-5-6-22(34-2)28-15-18)25-19(29-24)4-3-8-27-25/h3-9,14-15,29H,10-13,16H2,1-2H3,(H,26,30,33). The number of pyridine rings is 3. The molecule has 0 saturated carbocycles. The van der Waals surface area contributed by atoms with E-state index >= 15 is 0 Å². The van der Waals surface area contributed by atoms with Gasteiger partial charge in [-0.1, -0.05) is 0 Å². The predicted molar refractivity (Wildman–Crippen MR) is 132 cm³/mol. The fourth-order valence-electron chi connectivity index (χ4n) is 4.21. The first kappa shape index (κ1) is 22.0. The van der Waals surface area contributed by atoms with Gasteiger partial charge in [-0.3, -0.25) is 14.7 Å². The molecule has 4 aromatic rings. The highest BCUT2D eigenvalue weighted by molar-refractivity contribution is 6.01. The zero-order valence-electron chi connectivity index (χ0n) is 19.3. The van der Waals surface area contributed by atoms with Crippen LogP contribution in [0.25, 0.3) is 33.4 Å². The first-order chi connectivity index (χ1) is 16.6. The number of piperazine rings is 1. The van der Waals surface area contributed by atoms with E-state index in [0.717, 1.165) is 59.6 Å². The van der Waals surface area contributed by atoms with Crippen LogP contribution < -0.4 is 10.1 Å². The van der Waals surface area contributed by atoms with Crippen LogP contribution >= 0.6 is 0 Å². The molecule has 34 heavy (non-hydrogen) atoms.